The summed E-state index contributed by atoms with van der Waals surface area (Å²) in [6.45, 7) is 5.52. The first-order valence-corrected chi connectivity index (χ1v) is 8.32. The van der Waals surface area contributed by atoms with E-state index < -0.39 is 0 Å². The third kappa shape index (κ3) is 3.14. The summed E-state index contributed by atoms with van der Waals surface area (Å²) in [6.07, 6.45) is 4.38. The summed E-state index contributed by atoms with van der Waals surface area (Å²) in [5.74, 6) is 1.08. The van der Waals surface area contributed by atoms with Crippen molar-refractivity contribution < 1.29 is 4.42 Å². The minimum atomic E-state index is 0.355. The number of nitrogens with zero attached hydrogens (tertiary/aromatic N) is 1. The van der Waals surface area contributed by atoms with Crippen LogP contribution >= 0.6 is 11.3 Å². The highest BCUT2D eigenvalue weighted by Crippen LogP contribution is 2.26. The lowest BCUT2D eigenvalue weighted by molar-refractivity contribution is 0.205. The summed E-state index contributed by atoms with van der Waals surface area (Å²) in [5.41, 5.74) is 1.37. The number of likely N-dealkylation sites (tertiary alicyclic amines) is 1. The van der Waals surface area contributed by atoms with Crippen LogP contribution < -0.4 is 5.32 Å². The number of thiophene rings is 1. The van der Waals surface area contributed by atoms with Crippen LogP contribution in [0.3, 0.4) is 0 Å². The van der Waals surface area contributed by atoms with E-state index >= 15 is 0 Å². The molecule has 0 spiro atoms. The van der Waals surface area contributed by atoms with Crippen molar-refractivity contribution >= 4 is 11.3 Å². The lowest BCUT2D eigenvalue weighted by Gasteiger charge is -2.27. The molecule has 2 aromatic rings. The van der Waals surface area contributed by atoms with Crippen LogP contribution in [0, 0.1) is 0 Å². The van der Waals surface area contributed by atoms with E-state index in [1.807, 2.05) is 6.07 Å². The van der Waals surface area contributed by atoms with Gasteiger partial charge in [0.05, 0.1) is 12.3 Å². The first-order chi connectivity index (χ1) is 9.84. The zero-order valence-electron chi connectivity index (χ0n) is 11.9. The molecule has 0 aromatic carbocycles. The number of nitrogens with one attached hydrogen (secondary N) is 1. The Balaban J connectivity index is 1.64. The lowest BCUT2D eigenvalue weighted by Crippen LogP contribution is -2.34. The fourth-order valence-electron chi connectivity index (χ4n) is 2.87. The molecule has 2 atom stereocenters. The molecule has 2 unspecified atom stereocenters. The number of rotatable bonds is 6. The molecule has 20 heavy (non-hydrogen) atoms. The Bertz CT molecular complexity index is 489. The topological polar surface area (TPSA) is 28.4 Å². The molecule has 1 aliphatic rings. The highest BCUT2D eigenvalue weighted by atomic mass is 32.1. The molecule has 1 aliphatic heterocycles. The number of furan rings is 1. The van der Waals surface area contributed by atoms with Crippen molar-refractivity contribution in [2.24, 2.45) is 0 Å². The quantitative estimate of drug-likeness (QED) is 0.876. The fraction of sp³-hybridized carbons (Fsp3) is 0.500. The highest BCUT2D eigenvalue weighted by Gasteiger charge is 2.25. The SMILES string of the molecule is CC(NCC(c1ccco1)N1CCCC1)c1ccsc1. The highest BCUT2D eigenvalue weighted by molar-refractivity contribution is 7.07. The van der Waals surface area contributed by atoms with E-state index in [9.17, 15) is 0 Å². The van der Waals surface area contributed by atoms with Crippen molar-refractivity contribution in [3.05, 3.63) is 46.5 Å². The van der Waals surface area contributed by atoms with Gasteiger partial charge in [-0.25, -0.2) is 0 Å². The average molecular weight is 290 g/mol. The predicted octanol–water partition coefficient (Wildman–Crippen LogP) is 3.83. The van der Waals surface area contributed by atoms with Crippen molar-refractivity contribution in [3.63, 3.8) is 0 Å². The van der Waals surface area contributed by atoms with Crippen LogP contribution in [0.2, 0.25) is 0 Å². The third-order valence-electron chi connectivity index (χ3n) is 4.11. The molecular formula is C16H22N2OS. The zero-order chi connectivity index (χ0) is 13.8. The predicted molar refractivity (Wildman–Crippen MR) is 83.0 cm³/mol. The van der Waals surface area contributed by atoms with Crippen LogP contribution in [-0.4, -0.2) is 24.5 Å². The zero-order valence-corrected chi connectivity index (χ0v) is 12.7. The van der Waals surface area contributed by atoms with E-state index in [1.54, 1.807) is 17.6 Å². The summed E-state index contributed by atoms with van der Waals surface area (Å²) in [5, 5.41) is 8.01. The molecule has 0 bridgehead atoms. The molecule has 0 amide bonds. The van der Waals surface area contributed by atoms with Crippen molar-refractivity contribution in [3.8, 4) is 0 Å². The van der Waals surface area contributed by atoms with Crippen LogP contribution in [0.5, 0.6) is 0 Å². The van der Waals surface area contributed by atoms with Gasteiger partial charge in [-0.3, -0.25) is 4.90 Å². The Morgan fingerprint density at radius 1 is 1.35 bits per heavy atom. The van der Waals surface area contributed by atoms with Crippen LogP contribution in [0.25, 0.3) is 0 Å². The molecule has 0 saturated carbocycles. The molecular weight excluding hydrogens is 268 g/mol. The van der Waals surface area contributed by atoms with E-state index in [0.717, 1.165) is 12.3 Å². The summed E-state index contributed by atoms with van der Waals surface area (Å²) in [6, 6.07) is 7.02. The summed E-state index contributed by atoms with van der Waals surface area (Å²) >= 11 is 1.76. The standard InChI is InChI=1S/C16H22N2OS/c1-13(14-6-10-20-12-14)17-11-15(16-5-4-9-19-16)18-7-2-3-8-18/h4-6,9-10,12-13,15,17H,2-3,7-8,11H2,1H3. The molecule has 3 heterocycles. The lowest BCUT2D eigenvalue weighted by atomic mass is 10.1. The molecule has 0 radical (unpaired) electrons. The van der Waals surface area contributed by atoms with Gasteiger partial charge in [-0.1, -0.05) is 0 Å². The van der Waals surface area contributed by atoms with Crippen molar-refractivity contribution in [1.29, 1.82) is 0 Å². The first kappa shape index (κ1) is 13.9. The smallest absolute Gasteiger partial charge is 0.122 e. The maximum absolute atomic E-state index is 5.65. The van der Waals surface area contributed by atoms with Gasteiger partial charge in [0.25, 0.3) is 0 Å². The average Bonchev–Trinajstić information content (AvgIpc) is 3.22. The monoisotopic (exact) mass is 290 g/mol. The van der Waals surface area contributed by atoms with Gasteiger partial charge in [0, 0.05) is 12.6 Å². The molecule has 3 rings (SSSR count). The van der Waals surface area contributed by atoms with Gasteiger partial charge >= 0.3 is 0 Å². The number of hydrogen-bond donors (Lipinski definition) is 1. The van der Waals surface area contributed by atoms with Crippen molar-refractivity contribution in [2.45, 2.75) is 31.8 Å². The second kappa shape index (κ2) is 6.57. The second-order valence-corrected chi connectivity index (χ2v) is 6.24. The van der Waals surface area contributed by atoms with Gasteiger partial charge in [-0.2, -0.15) is 11.3 Å². The van der Waals surface area contributed by atoms with E-state index in [0.29, 0.717) is 12.1 Å². The van der Waals surface area contributed by atoms with Gasteiger partial charge in [-0.15, -0.1) is 0 Å². The van der Waals surface area contributed by atoms with Gasteiger partial charge in [0.2, 0.25) is 0 Å². The summed E-state index contributed by atoms with van der Waals surface area (Å²) in [7, 11) is 0. The van der Waals surface area contributed by atoms with Crippen LogP contribution in [0.15, 0.2) is 39.6 Å². The molecule has 4 heteroatoms. The van der Waals surface area contributed by atoms with E-state index in [4.69, 9.17) is 4.42 Å². The van der Waals surface area contributed by atoms with Crippen LogP contribution in [-0.2, 0) is 0 Å². The Morgan fingerprint density at radius 2 is 2.20 bits per heavy atom. The molecule has 1 fully saturated rings. The molecule has 1 N–H and O–H groups in total. The second-order valence-electron chi connectivity index (χ2n) is 5.46. The van der Waals surface area contributed by atoms with Crippen LogP contribution in [0.1, 0.15) is 43.2 Å². The van der Waals surface area contributed by atoms with E-state index in [1.165, 1.54) is 31.5 Å². The van der Waals surface area contributed by atoms with Gasteiger partial charge in [-0.05, 0) is 67.4 Å². The Kier molecular flexibility index (Phi) is 4.55. The van der Waals surface area contributed by atoms with Gasteiger partial charge in [0.1, 0.15) is 5.76 Å². The Morgan fingerprint density at radius 3 is 2.85 bits per heavy atom. The largest absolute Gasteiger partial charge is 0.468 e. The molecule has 108 valence electrons. The molecule has 1 saturated heterocycles. The Labute approximate surface area is 124 Å². The number of hydrogen-bond acceptors (Lipinski definition) is 4. The Hall–Kier alpha value is -1.10. The molecule has 3 nitrogen and oxygen atoms in total. The van der Waals surface area contributed by atoms with Crippen molar-refractivity contribution in [1.82, 2.24) is 10.2 Å². The van der Waals surface area contributed by atoms with E-state index in [2.05, 4.69) is 40.0 Å². The summed E-state index contributed by atoms with van der Waals surface area (Å²) in [4.78, 5) is 2.53. The minimum Gasteiger partial charge on any atom is -0.468 e. The normalized spacial score (nSPS) is 19.2. The third-order valence-corrected chi connectivity index (χ3v) is 4.82. The molecule has 0 aliphatic carbocycles. The minimum absolute atomic E-state index is 0.355. The van der Waals surface area contributed by atoms with Gasteiger partial charge in [0.15, 0.2) is 0 Å². The fourth-order valence-corrected chi connectivity index (χ4v) is 3.63. The molecule has 2 aromatic heterocycles. The van der Waals surface area contributed by atoms with Crippen molar-refractivity contribution in [2.75, 3.05) is 19.6 Å². The summed E-state index contributed by atoms with van der Waals surface area (Å²) < 4.78 is 5.65. The van der Waals surface area contributed by atoms with E-state index in [-0.39, 0.29) is 0 Å². The first-order valence-electron chi connectivity index (χ1n) is 7.37. The van der Waals surface area contributed by atoms with Crippen LogP contribution in [0.4, 0.5) is 0 Å². The maximum Gasteiger partial charge on any atom is 0.122 e. The maximum atomic E-state index is 5.65. The van der Waals surface area contributed by atoms with Gasteiger partial charge < -0.3 is 9.73 Å².